The van der Waals surface area contributed by atoms with E-state index in [2.05, 4.69) is 24.3 Å². The molecule has 0 spiro atoms. The largest absolute Gasteiger partial charge is 0.638 e. The van der Waals surface area contributed by atoms with E-state index in [1.54, 1.807) is 24.3 Å². The zero-order chi connectivity index (χ0) is 20.7. The Morgan fingerprint density at radius 1 is 0.700 bits per heavy atom. The van der Waals surface area contributed by atoms with Crippen molar-refractivity contribution in [1.29, 1.82) is 0 Å². The summed E-state index contributed by atoms with van der Waals surface area (Å²) in [6.07, 6.45) is 0. The van der Waals surface area contributed by atoms with E-state index in [9.17, 15) is 10.2 Å². The highest BCUT2D eigenvalue weighted by Crippen LogP contribution is 2.25. The number of fused-ring (bicyclic) bond motifs is 2. The van der Waals surface area contributed by atoms with Gasteiger partial charge >= 0.3 is 11.9 Å². The van der Waals surface area contributed by atoms with E-state index in [1.165, 1.54) is 4.57 Å². The minimum Gasteiger partial charge on any atom is -0.459 e. The fraction of sp³-hybridized carbons (Fsp3) is 0.0400. The molecule has 5 aromatic rings. The van der Waals surface area contributed by atoms with Crippen molar-refractivity contribution in [3.63, 3.8) is 0 Å². The summed E-state index contributed by atoms with van der Waals surface area (Å²) in [6, 6.07) is 28.8. The number of nitrogens with zero attached hydrogens (tertiary/aromatic N) is 2. The highest BCUT2D eigenvalue weighted by atomic mass is 35.5. The van der Waals surface area contributed by atoms with Crippen LogP contribution in [0.25, 0.3) is 27.4 Å². The van der Waals surface area contributed by atoms with E-state index in [4.69, 9.17) is 11.6 Å². The second-order valence-electron chi connectivity index (χ2n) is 7.18. The van der Waals surface area contributed by atoms with Gasteiger partial charge in [-0.3, -0.25) is 0 Å². The van der Waals surface area contributed by atoms with Crippen molar-refractivity contribution in [2.45, 2.75) is 6.54 Å². The van der Waals surface area contributed by atoms with Crippen LogP contribution in [-0.4, -0.2) is 10.2 Å². The van der Waals surface area contributed by atoms with Crippen molar-refractivity contribution in [3.8, 4) is 17.6 Å². The standard InChI is InChI=1S/C25H17ClN2O2/c26-19-12-14-20(15-13-19)28-24(29)22-10-3-4-11-23(22)27(25(28)30)16-18-8-5-7-17-6-1-2-9-21(17)18/h1-15H,16H2/p+2. The van der Waals surface area contributed by atoms with Gasteiger partial charge in [0.15, 0.2) is 11.9 Å². The predicted octanol–water partition coefficient (Wildman–Crippen LogP) is 4.67. The topological polar surface area (TPSA) is 48.2 Å². The maximum atomic E-state index is 11.3. The molecule has 0 bridgehead atoms. The number of hydrogen-bond acceptors (Lipinski definition) is 2. The first kappa shape index (κ1) is 18.4. The minimum atomic E-state index is -0.0681. The first-order chi connectivity index (χ1) is 14.6. The van der Waals surface area contributed by atoms with Gasteiger partial charge in [-0.05, 0) is 33.5 Å². The van der Waals surface area contributed by atoms with E-state index in [-0.39, 0.29) is 11.9 Å². The molecule has 0 aliphatic rings. The molecule has 0 saturated heterocycles. The van der Waals surface area contributed by atoms with E-state index in [1.807, 2.05) is 47.0 Å². The molecule has 4 aromatic carbocycles. The van der Waals surface area contributed by atoms with Crippen LogP contribution in [0.4, 0.5) is 0 Å². The van der Waals surface area contributed by atoms with Crippen LogP contribution in [0.1, 0.15) is 5.56 Å². The van der Waals surface area contributed by atoms with Crippen molar-refractivity contribution in [1.82, 2.24) is 0 Å². The summed E-state index contributed by atoms with van der Waals surface area (Å²) >= 11 is 6.03. The maximum Gasteiger partial charge on any atom is 0.638 e. The maximum absolute atomic E-state index is 11.3. The molecule has 30 heavy (non-hydrogen) atoms. The molecule has 4 nitrogen and oxygen atoms in total. The molecule has 5 rings (SSSR count). The third kappa shape index (κ3) is 3.02. The van der Waals surface area contributed by atoms with Gasteiger partial charge in [0.05, 0.1) is 0 Å². The Morgan fingerprint density at radius 3 is 2.17 bits per heavy atom. The van der Waals surface area contributed by atoms with Crippen LogP contribution in [0.3, 0.4) is 0 Å². The van der Waals surface area contributed by atoms with Crippen LogP contribution in [-0.2, 0) is 6.54 Å². The average molecular weight is 415 g/mol. The van der Waals surface area contributed by atoms with E-state index >= 15 is 0 Å². The van der Waals surface area contributed by atoms with Gasteiger partial charge in [0.25, 0.3) is 0 Å². The average Bonchev–Trinajstić information content (AvgIpc) is 2.78. The number of aromatic nitrogens is 2. The number of rotatable bonds is 3. The summed E-state index contributed by atoms with van der Waals surface area (Å²) in [7, 11) is 0. The van der Waals surface area contributed by atoms with Crippen molar-refractivity contribution in [3.05, 3.63) is 102 Å². The van der Waals surface area contributed by atoms with Crippen LogP contribution < -0.4 is 9.13 Å². The summed E-state index contributed by atoms with van der Waals surface area (Å²) < 4.78 is 3.25. The van der Waals surface area contributed by atoms with E-state index < -0.39 is 0 Å². The van der Waals surface area contributed by atoms with Gasteiger partial charge in [0.1, 0.15) is 0 Å². The zero-order valence-electron chi connectivity index (χ0n) is 16.0. The highest BCUT2D eigenvalue weighted by molar-refractivity contribution is 6.30. The van der Waals surface area contributed by atoms with Crippen LogP contribution in [0.2, 0.25) is 5.02 Å². The third-order valence-electron chi connectivity index (χ3n) is 5.38. The van der Waals surface area contributed by atoms with Crippen molar-refractivity contribution in [2.24, 2.45) is 0 Å². The summed E-state index contributed by atoms with van der Waals surface area (Å²) in [5, 5.41) is 25.7. The van der Waals surface area contributed by atoms with Crippen molar-refractivity contribution >= 4 is 33.3 Å². The summed E-state index contributed by atoms with van der Waals surface area (Å²) in [4.78, 5) is 0. The van der Waals surface area contributed by atoms with Gasteiger partial charge in [-0.2, -0.15) is 0 Å². The molecule has 146 valence electrons. The molecule has 0 fully saturated rings. The Bertz CT molecular complexity index is 1390. The quantitative estimate of drug-likeness (QED) is 0.421. The lowest BCUT2D eigenvalue weighted by Crippen LogP contribution is -2.47. The van der Waals surface area contributed by atoms with Crippen LogP contribution in [0.5, 0.6) is 11.9 Å². The number of hydrogen-bond donors (Lipinski definition) is 2. The van der Waals surface area contributed by atoms with Crippen LogP contribution in [0.15, 0.2) is 91.0 Å². The molecule has 0 amide bonds. The molecular formula is C25H19ClN2O2+2. The number of benzene rings is 4. The number of aromatic hydroxyl groups is 2. The molecule has 2 N–H and O–H groups in total. The van der Waals surface area contributed by atoms with Crippen molar-refractivity contribution < 1.29 is 19.3 Å². The van der Waals surface area contributed by atoms with E-state index in [0.717, 1.165) is 21.9 Å². The lowest BCUT2D eigenvalue weighted by Gasteiger charge is -2.07. The first-order valence-corrected chi connectivity index (χ1v) is 10.0. The highest BCUT2D eigenvalue weighted by Gasteiger charge is 2.35. The predicted molar refractivity (Wildman–Crippen MR) is 117 cm³/mol. The molecule has 1 aromatic heterocycles. The number of halogens is 1. The molecule has 5 heteroatoms. The Hall–Kier alpha value is -3.63. The lowest BCUT2D eigenvalue weighted by atomic mass is 10.0. The zero-order valence-corrected chi connectivity index (χ0v) is 16.8. The normalized spacial score (nSPS) is 11.2. The second kappa shape index (κ2) is 7.32. The molecular weight excluding hydrogens is 396 g/mol. The molecule has 0 atom stereocenters. The van der Waals surface area contributed by atoms with Gasteiger partial charge in [0.2, 0.25) is 11.2 Å². The SMILES string of the molecule is Oc1c2ccccc2[n+](Cc2cccc3ccccc23)c(O)[n+]1-c1ccc(Cl)cc1. The Kier molecular flexibility index (Phi) is 4.49. The third-order valence-corrected chi connectivity index (χ3v) is 5.63. The van der Waals surface area contributed by atoms with E-state index in [0.29, 0.717) is 22.6 Å². The van der Waals surface area contributed by atoms with Crippen LogP contribution >= 0.6 is 11.6 Å². The Morgan fingerprint density at radius 2 is 1.37 bits per heavy atom. The molecule has 0 aliphatic heterocycles. The monoisotopic (exact) mass is 414 g/mol. The summed E-state index contributed by atoms with van der Waals surface area (Å²) in [6.45, 7) is 0.446. The molecule has 1 heterocycles. The van der Waals surface area contributed by atoms with Gasteiger partial charge in [-0.25, -0.2) is 0 Å². The minimum absolute atomic E-state index is 0.0282. The Labute approximate surface area is 178 Å². The lowest BCUT2D eigenvalue weighted by molar-refractivity contribution is -0.776. The van der Waals surface area contributed by atoms with Gasteiger partial charge in [-0.1, -0.05) is 70.8 Å². The first-order valence-electron chi connectivity index (χ1n) is 9.64. The van der Waals surface area contributed by atoms with Gasteiger partial charge in [-0.15, -0.1) is 0 Å². The Balaban J connectivity index is 1.78. The van der Waals surface area contributed by atoms with Gasteiger partial charge < -0.3 is 10.2 Å². The van der Waals surface area contributed by atoms with Crippen LogP contribution in [0, 0.1) is 0 Å². The van der Waals surface area contributed by atoms with Crippen molar-refractivity contribution in [2.75, 3.05) is 0 Å². The molecule has 0 radical (unpaired) electrons. The number of para-hydroxylation sites is 1. The smallest absolute Gasteiger partial charge is 0.459 e. The second-order valence-corrected chi connectivity index (χ2v) is 7.61. The molecule has 0 unspecified atom stereocenters. The van der Waals surface area contributed by atoms with Gasteiger partial charge in [0, 0.05) is 28.8 Å². The fourth-order valence-electron chi connectivity index (χ4n) is 3.93. The fourth-order valence-corrected chi connectivity index (χ4v) is 4.05. The summed E-state index contributed by atoms with van der Waals surface area (Å²) in [5.41, 5.74) is 2.43. The molecule has 0 saturated carbocycles. The molecule has 0 aliphatic carbocycles. The summed E-state index contributed by atoms with van der Waals surface area (Å²) in [5.74, 6) is -0.0282.